The Labute approximate surface area is 81.5 Å². The van der Waals surface area contributed by atoms with Crippen LogP contribution in [0.3, 0.4) is 0 Å². The molecule has 0 aliphatic carbocycles. The molecule has 0 aromatic rings. The van der Waals surface area contributed by atoms with E-state index in [9.17, 15) is 0 Å². The van der Waals surface area contributed by atoms with Gasteiger partial charge < -0.3 is 0 Å². The monoisotopic (exact) mass is 180 g/mol. The molecule has 0 aliphatic rings. The van der Waals surface area contributed by atoms with Gasteiger partial charge in [0.05, 0.1) is 5.70 Å². The summed E-state index contributed by atoms with van der Waals surface area (Å²) < 4.78 is 0. The lowest BCUT2D eigenvalue weighted by Crippen LogP contribution is -1.95. The van der Waals surface area contributed by atoms with E-state index in [1.54, 1.807) is 7.05 Å². The highest BCUT2D eigenvalue weighted by molar-refractivity contribution is 5.22. The number of azo groups is 1. The van der Waals surface area contributed by atoms with Crippen molar-refractivity contribution in [3.05, 3.63) is 23.9 Å². The first-order valence-corrected chi connectivity index (χ1v) is 4.69. The summed E-state index contributed by atoms with van der Waals surface area (Å²) in [5, 5.41) is 7.86. The maximum atomic E-state index is 4.07. The maximum absolute atomic E-state index is 4.07. The first-order valence-electron chi connectivity index (χ1n) is 4.69. The van der Waals surface area contributed by atoms with E-state index in [0.29, 0.717) is 11.8 Å². The SMILES string of the molecule is C=C(/C=C(\N=N/C)C(C)C)C(C)C. The Bertz CT molecular complexity index is 222. The van der Waals surface area contributed by atoms with E-state index in [4.69, 9.17) is 0 Å². The zero-order valence-corrected chi connectivity index (χ0v) is 9.33. The summed E-state index contributed by atoms with van der Waals surface area (Å²) in [7, 11) is 1.69. The minimum absolute atomic E-state index is 0.402. The summed E-state index contributed by atoms with van der Waals surface area (Å²) in [6.07, 6.45) is 2.03. The molecule has 0 amide bonds. The van der Waals surface area contributed by atoms with Crippen LogP contribution < -0.4 is 0 Å². The van der Waals surface area contributed by atoms with Crippen molar-refractivity contribution >= 4 is 0 Å². The molecule has 0 rings (SSSR count). The molecule has 0 fully saturated rings. The first kappa shape index (κ1) is 12.1. The van der Waals surface area contributed by atoms with Crippen LogP contribution in [0.2, 0.25) is 0 Å². The maximum Gasteiger partial charge on any atom is 0.0654 e. The van der Waals surface area contributed by atoms with Crippen LogP contribution in [0.25, 0.3) is 0 Å². The van der Waals surface area contributed by atoms with Crippen LogP contribution in [0.15, 0.2) is 34.2 Å². The van der Waals surface area contributed by atoms with Gasteiger partial charge in [-0.25, -0.2) is 0 Å². The topological polar surface area (TPSA) is 24.7 Å². The van der Waals surface area contributed by atoms with Crippen molar-refractivity contribution in [1.29, 1.82) is 0 Å². The summed E-state index contributed by atoms with van der Waals surface area (Å²) in [5.41, 5.74) is 2.11. The normalized spacial score (nSPS) is 13.3. The number of allylic oxidation sites excluding steroid dienone is 3. The van der Waals surface area contributed by atoms with Crippen LogP contribution in [-0.2, 0) is 0 Å². The molecular formula is C11H20N2. The van der Waals surface area contributed by atoms with Gasteiger partial charge in [-0.1, -0.05) is 39.8 Å². The second kappa shape index (κ2) is 5.68. The zero-order chi connectivity index (χ0) is 10.4. The summed E-state index contributed by atoms with van der Waals surface area (Å²) in [6.45, 7) is 12.4. The average molecular weight is 180 g/mol. The Balaban J connectivity index is 4.63. The van der Waals surface area contributed by atoms with Gasteiger partial charge >= 0.3 is 0 Å². The van der Waals surface area contributed by atoms with Crippen molar-refractivity contribution in [2.24, 2.45) is 22.1 Å². The third-order valence-corrected chi connectivity index (χ3v) is 1.88. The molecule has 0 unspecified atom stereocenters. The van der Waals surface area contributed by atoms with E-state index in [2.05, 4.69) is 44.5 Å². The van der Waals surface area contributed by atoms with E-state index >= 15 is 0 Å². The lowest BCUT2D eigenvalue weighted by Gasteiger charge is -2.08. The van der Waals surface area contributed by atoms with Crippen LogP contribution in [0.5, 0.6) is 0 Å². The number of hydrogen-bond acceptors (Lipinski definition) is 2. The molecule has 2 nitrogen and oxygen atoms in total. The van der Waals surface area contributed by atoms with Gasteiger partial charge in [-0.05, 0) is 17.9 Å². The first-order chi connectivity index (χ1) is 5.99. The van der Waals surface area contributed by atoms with Gasteiger partial charge in [-0.3, -0.25) is 0 Å². The van der Waals surface area contributed by atoms with E-state index in [1.165, 1.54) is 0 Å². The summed E-state index contributed by atoms with van der Waals surface area (Å²) >= 11 is 0. The number of nitrogens with zero attached hydrogens (tertiary/aromatic N) is 2. The van der Waals surface area contributed by atoms with Gasteiger partial charge in [-0.15, -0.1) is 0 Å². The van der Waals surface area contributed by atoms with Crippen molar-refractivity contribution < 1.29 is 0 Å². The van der Waals surface area contributed by atoms with Gasteiger partial charge in [0.25, 0.3) is 0 Å². The average Bonchev–Trinajstić information content (AvgIpc) is 2.03. The standard InChI is InChI=1S/C11H20N2/c1-8(2)10(5)7-11(9(3)4)13-12-6/h7-9H,5H2,1-4,6H3/b11-7-,13-12-. The second-order valence-electron chi connectivity index (χ2n) is 3.75. The van der Waals surface area contributed by atoms with E-state index in [1.807, 2.05) is 6.08 Å². The third kappa shape index (κ3) is 4.61. The highest BCUT2D eigenvalue weighted by Crippen LogP contribution is 2.17. The zero-order valence-electron chi connectivity index (χ0n) is 9.33. The molecule has 0 atom stereocenters. The molecule has 13 heavy (non-hydrogen) atoms. The second-order valence-corrected chi connectivity index (χ2v) is 3.75. The Hall–Kier alpha value is -0.920. The van der Waals surface area contributed by atoms with Crippen LogP contribution in [0, 0.1) is 11.8 Å². The smallest absolute Gasteiger partial charge is 0.0654 e. The lowest BCUT2D eigenvalue weighted by molar-refractivity contribution is 0.726. The predicted molar refractivity (Wildman–Crippen MR) is 57.7 cm³/mol. The Kier molecular flexibility index (Phi) is 5.28. The molecular weight excluding hydrogens is 160 g/mol. The molecule has 0 saturated heterocycles. The van der Waals surface area contributed by atoms with Crippen molar-refractivity contribution in [1.82, 2.24) is 0 Å². The Morgan fingerprint density at radius 3 is 2.00 bits per heavy atom. The fourth-order valence-corrected chi connectivity index (χ4v) is 0.783. The number of rotatable bonds is 4. The Morgan fingerprint density at radius 1 is 1.15 bits per heavy atom. The molecule has 0 aromatic carbocycles. The van der Waals surface area contributed by atoms with Gasteiger partial charge in [0, 0.05) is 7.05 Å². The van der Waals surface area contributed by atoms with Gasteiger partial charge in [0.2, 0.25) is 0 Å². The predicted octanol–water partition coefficient (Wildman–Crippen LogP) is 3.82. The highest BCUT2D eigenvalue weighted by atomic mass is 15.1. The van der Waals surface area contributed by atoms with Crippen molar-refractivity contribution in [2.75, 3.05) is 7.05 Å². The molecule has 2 heteroatoms. The van der Waals surface area contributed by atoms with Crippen LogP contribution in [0.4, 0.5) is 0 Å². The van der Waals surface area contributed by atoms with E-state index < -0.39 is 0 Å². The summed E-state index contributed by atoms with van der Waals surface area (Å²) in [4.78, 5) is 0. The molecule has 0 radical (unpaired) electrons. The summed E-state index contributed by atoms with van der Waals surface area (Å²) in [5.74, 6) is 0.875. The molecule has 74 valence electrons. The van der Waals surface area contributed by atoms with Gasteiger partial charge in [-0.2, -0.15) is 10.2 Å². The molecule has 0 aliphatic heterocycles. The molecule has 0 saturated carbocycles. The Morgan fingerprint density at radius 2 is 1.69 bits per heavy atom. The minimum atomic E-state index is 0.402. The van der Waals surface area contributed by atoms with E-state index in [0.717, 1.165) is 11.3 Å². The van der Waals surface area contributed by atoms with E-state index in [-0.39, 0.29) is 0 Å². The summed E-state index contributed by atoms with van der Waals surface area (Å²) in [6, 6.07) is 0. The van der Waals surface area contributed by atoms with Crippen molar-refractivity contribution in [3.8, 4) is 0 Å². The molecule has 0 N–H and O–H groups in total. The third-order valence-electron chi connectivity index (χ3n) is 1.88. The van der Waals surface area contributed by atoms with Crippen LogP contribution in [0.1, 0.15) is 27.7 Å². The molecule has 0 bridgehead atoms. The fraction of sp³-hybridized carbons (Fsp3) is 0.636. The molecule has 0 spiro atoms. The lowest BCUT2D eigenvalue weighted by atomic mass is 10.0. The van der Waals surface area contributed by atoms with Crippen molar-refractivity contribution in [2.45, 2.75) is 27.7 Å². The molecule has 0 aromatic heterocycles. The van der Waals surface area contributed by atoms with Crippen LogP contribution in [-0.4, -0.2) is 7.05 Å². The quantitative estimate of drug-likeness (QED) is 0.464. The van der Waals surface area contributed by atoms with Crippen molar-refractivity contribution in [3.63, 3.8) is 0 Å². The molecule has 0 heterocycles. The van der Waals surface area contributed by atoms with Gasteiger partial charge in [0.15, 0.2) is 0 Å². The largest absolute Gasteiger partial charge is 0.192 e. The number of hydrogen-bond donors (Lipinski definition) is 0. The van der Waals surface area contributed by atoms with Crippen LogP contribution >= 0.6 is 0 Å². The minimum Gasteiger partial charge on any atom is -0.192 e. The van der Waals surface area contributed by atoms with Gasteiger partial charge in [0.1, 0.15) is 0 Å². The fourth-order valence-electron chi connectivity index (χ4n) is 0.783. The highest BCUT2D eigenvalue weighted by Gasteiger charge is 2.04.